The van der Waals surface area contributed by atoms with Gasteiger partial charge in [0.15, 0.2) is 0 Å². The lowest BCUT2D eigenvalue weighted by Crippen LogP contribution is -2.46. The fourth-order valence-corrected chi connectivity index (χ4v) is 2.63. The van der Waals surface area contributed by atoms with Crippen molar-refractivity contribution in [2.45, 2.75) is 19.6 Å². The average Bonchev–Trinajstić information content (AvgIpc) is 2.82. The second kappa shape index (κ2) is 6.35. The minimum atomic E-state index is 0.354. The Morgan fingerprint density at radius 3 is 3.31 bits per heavy atom. The first-order chi connectivity index (χ1) is 7.88. The SMILES string of the molecule is CCN1CCO[C@H](CNCc2ccsc2)C1. The van der Waals surface area contributed by atoms with E-state index in [2.05, 4.69) is 34.0 Å². The summed E-state index contributed by atoms with van der Waals surface area (Å²) in [6.07, 6.45) is 0.354. The number of hydrogen-bond donors (Lipinski definition) is 1. The topological polar surface area (TPSA) is 24.5 Å². The van der Waals surface area contributed by atoms with Crippen molar-refractivity contribution in [2.24, 2.45) is 0 Å². The van der Waals surface area contributed by atoms with Crippen LogP contribution in [0.4, 0.5) is 0 Å². The Balaban J connectivity index is 1.65. The molecule has 0 aromatic carbocycles. The molecule has 1 atom stereocenters. The van der Waals surface area contributed by atoms with Crippen LogP contribution in [-0.4, -0.2) is 43.8 Å². The predicted octanol–water partition coefficient (Wildman–Crippen LogP) is 1.56. The number of thiophene rings is 1. The fraction of sp³-hybridized carbons (Fsp3) is 0.667. The largest absolute Gasteiger partial charge is 0.374 e. The van der Waals surface area contributed by atoms with Gasteiger partial charge >= 0.3 is 0 Å². The summed E-state index contributed by atoms with van der Waals surface area (Å²) in [6, 6.07) is 2.16. The molecule has 0 unspecified atom stereocenters. The molecule has 1 saturated heterocycles. The molecular weight excluding hydrogens is 220 g/mol. The maximum Gasteiger partial charge on any atom is 0.0826 e. The molecule has 1 aromatic rings. The molecule has 4 heteroatoms. The fourth-order valence-electron chi connectivity index (χ4n) is 1.96. The summed E-state index contributed by atoms with van der Waals surface area (Å²) in [5, 5.41) is 7.76. The molecule has 90 valence electrons. The quantitative estimate of drug-likeness (QED) is 0.845. The van der Waals surface area contributed by atoms with E-state index in [1.54, 1.807) is 11.3 Å². The predicted molar refractivity (Wildman–Crippen MR) is 67.9 cm³/mol. The number of morpholine rings is 1. The van der Waals surface area contributed by atoms with Gasteiger partial charge in [-0.05, 0) is 28.9 Å². The number of nitrogens with zero attached hydrogens (tertiary/aromatic N) is 1. The number of nitrogens with one attached hydrogen (secondary N) is 1. The van der Waals surface area contributed by atoms with Gasteiger partial charge in [-0.15, -0.1) is 0 Å². The summed E-state index contributed by atoms with van der Waals surface area (Å²) < 4.78 is 5.73. The minimum absolute atomic E-state index is 0.354. The van der Waals surface area contributed by atoms with Crippen molar-refractivity contribution < 1.29 is 4.74 Å². The summed E-state index contributed by atoms with van der Waals surface area (Å²) >= 11 is 1.75. The van der Waals surface area contributed by atoms with E-state index in [4.69, 9.17) is 4.74 Å². The van der Waals surface area contributed by atoms with Crippen LogP contribution in [-0.2, 0) is 11.3 Å². The minimum Gasteiger partial charge on any atom is -0.374 e. The van der Waals surface area contributed by atoms with Gasteiger partial charge in [0.1, 0.15) is 0 Å². The van der Waals surface area contributed by atoms with Crippen LogP contribution in [0.2, 0.25) is 0 Å². The van der Waals surface area contributed by atoms with Gasteiger partial charge in [0.25, 0.3) is 0 Å². The highest BCUT2D eigenvalue weighted by Crippen LogP contribution is 2.06. The van der Waals surface area contributed by atoms with Gasteiger partial charge in [0.2, 0.25) is 0 Å². The van der Waals surface area contributed by atoms with Crippen molar-refractivity contribution in [1.29, 1.82) is 0 Å². The summed E-state index contributed by atoms with van der Waals surface area (Å²) in [6.45, 7) is 8.26. The van der Waals surface area contributed by atoms with E-state index in [9.17, 15) is 0 Å². The van der Waals surface area contributed by atoms with Crippen LogP contribution in [0.5, 0.6) is 0 Å². The maximum absolute atomic E-state index is 5.73. The maximum atomic E-state index is 5.73. The normalized spacial score (nSPS) is 22.4. The van der Waals surface area contributed by atoms with Crippen molar-refractivity contribution in [3.05, 3.63) is 22.4 Å². The Labute approximate surface area is 101 Å². The summed E-state index contributed by atoms with van der Waals surface area (Å²) in [4.78, 5) is 2.44. The Bertz CT molecular complexity index is 289. The van der Waals surface area contributed by atoms with Gasteiger partial charge in [0.05, 0.1) is 12.7 Å². The number of hydrogen-bond acceptors (Lipinski definition) is 4. The third-order valence-electron chi connectivity index (χ3n) is 2.95. The standard InChI is InChI=1S/C12H20N2OS/c1-2-14-4-5-15-12(9-14)8-13-7-11-3-6-16-10-11/h3,6,10,12-13H,2,4-5,7-9H2,1H3/t12-/m1/s1. The molecule has 16 heavy (non-hydrogen) atoms. The lowest BCUT2D eigenvalue weighted by atomic mass is 10.2. The third kappa shape index (κ3) is 3.56. The molecule has 3 nitrogen and oxygen atoms in total. The monoisotopic (exact) mass is 240 g/mol. The van der Waals surface area contributed by atoms with E-state index in [1.807, 2.05) is 0 Å². The van der Waals surface area contributed by atoms with Crippen LogP contribution in [0.15, 0.2) is 16.8 Å². The van der Waals surface area contributed by atoms with E-state index in [0.29, 0.717) is 6.10 Å². The van der Waals surface area contributed by atoms with Crippen molar-refractivity contribution in [2.75, 3.05) is 32.8 Å². The number of likely N-dealkylation sites (N-methyl/N-ethyl adjacent to an activating group) is 1. The van der Waals surface area contributed by atoms with Crippen LogP contribution < -0.4 is 5.32 Å². The Morgan fingerprint density at radius 2 is 2.56 bits per heavy atom. The van der Waals surface area contributed by atoms with Crippen molar-refractivity contribution >= 4 is 11.3 Å². The first kappa shape index (κ1) is 12.0. The molecule has 1 N–H and O–H groups in total. The smallest absolute Gasteiger partial charge is 0.0826 e. The van der Waals surface area contributed by atoms with E-state index in [1.165, 1.54) is 5.56 Å². The number of rotatable bonds is 5. The van der Waals surface area contributed by atoms with Gasteiger partial charge in [-0.3, -0.25) is 4.90 Å². The highest BCUT2D eigenvalue weighted by Gasteiger charge is 2.18. The van der Waals surface area contributed by atoms with E-state index in [-0.39, 0.29) is 0 Å². The Morgan fingerprint density at radius 1 is 1.62 bits per heavy atom. The van der Waals surface area contributed by atoms with Crippen molar-refractivity contribution in [1.82, 2.24) is 10.2 Å². The lowest BCUT2D eigenvalue weighted by Gasteiger charge is -2.32. The van der Waals surface area contributed by atoms with E-state index >= 15 is 0 Å². The summed E-state index contributed by atoms with van der Waals surface area (Å²) in [5.41, 5.74) is 1.37. The van der Waals surface area contributed by atoms with Gasteiger partial charge in [-0.2, -0.15) is 11.3 Å². The zero-order valence-electron chi connectivity index (χ0n) is 9.82. The molecule has 1 aliphatic heterocycles. The first-order valence-electron chi connectivity index (χ1n) is 5.94. The summed E-state index contributed by atoms with van der Waals surface area (Å²) in [7, 11) is 0. The molecule has 0 saturated carbocycles. The second-order valence-corrected chi connectivity index (χ2v) is 4.93. The molecular formula is C12H20N2OS. The van der Waals surface area contributed by atoms with Crippen LogP contribution >= 0.6 is 11.3 Å². The number of ether oxygens (including phenoxy) is 1. The Kier molecular flexibility index (Phi) is 4.78. The molecule has 2 rings (SSSR count). The second-order valence-electron chi connectivity index (χ2n) is 4.15. The zero-order chi connectivity index (χ0) is 11.2. The van der Waals surface area contributed by atoms with Gasteiger partial charge in [-0.25, -0.2) is 0 Å². The molecule has 0 aliphatic carbocycles. The zero-order valence-corrected chi connectivity index (χ0v) is 10.6. The highest BCUT2D eigenvalue weighted by molar-refractivity contribution is 7.07. The van der Waals surface area contributed by atoms with Crippen molar-refractivity contribution in [3.63, 3.8) is 0 Å². The molecule has 2 heterocycles. The summed E-state index contributed by atoms with van der Waals surface area (Å²) in [5.74, 6) is 0. The van der Waals surface area contributed by atoms with Gasteiger partial charge in [-0.1, -0.05) is 6.92 Å². The van der Waals surface area contributed by atoms with Gasteiger partial charge in [0, 0.05) is 26.2 Å². The molecule has 0 amide bonds. The lowest BCUT2D eigenvalue weighted by molar-refractivity contribution is -0.0253. The van der Waals surface area contributed by atoms with Crippen LogP contribution in [0.1, 0.15) is 12.5 Å². The van der Waals surface area contributed by atoms with Crippen LogP contribution in [0, 0.1) is 0 Å². The van der Waals surface area contributed by atoms with E-state index in [0.717, 1.165) is 39.3 Å². The molecule has 0 spiro atoms. The molecule has 1 aromatic heterocycles. The van der Waals surface area contributed by atoms with Crippen LogP contribution in [0.25, 0.3) is 0 Å². The highest BCUT2D eigenvalue weighted by atomic mass is 32.1. The Hall–Kier alpha value is -0.420. The average molecular weight is 240 g/mol. The third-order valence-corrected chi connectivity index (χ3v) is 3.68. The van der Waals surface area contributed by atoms with Crippen LogP contribution in [0.3, 0.4) is 0 Å². The molecule has 0 radical (unpaired) electrons. The molecule has 0 bridgehead atoms. The molecule has 1 aliphatic rings. The van der Waals surface area contributed by atoms with Gasteiger partial charge < -0.3 is 10.1 Å². The molecule has 1 fully saturated rings. The van der Waals surface area contributed by atoms with Crippen molar-refractivity contribution in [3.8, 4) is 0 Å². The first-order valence-corrected chi connectivity index (χ1v) is 6.88. The van der Waals surface area contributed by atoms with E-state index < -0.39 is 0 Å².